The van der Waals surface area contributed by atoms with Crippen LogP contribution in [-0.4, -0.2) is 58.2 Å². The van der Waals surface area contributed by atoms with Crippen molar-refractivity contribution in [3.8, 4) is 0 Å². The molecule has 0 N–H and O–H groups in total. The number of piperidine rings is 1. The molecule has 0 radical (unpaired) electrons. The molecule has 0 aliphatic carbocycles. The third-order valence-corrected chi connectivity index (χ3v) is 6.89. The van der Waals surface area contributed by atoms with Gasteiger partial charge in [0.15, 0.2) is 9.84 Å². The number of benzene rings is 1. The summed E-state index contributed by atoms with van der Waals surface area (Å²) in [5.41, 5.74) is 2.69. The number of nitrogens with zero attached hydrogens (tertiary/aromatic N) is 5. The lowest BCUT2D eigenvalue weighted by Gasteiger charge is -2.35. The van der Waals surface area contributed by atoms with Gasteiger partial charge < -0.3 is 4.90 Å². The average molecular weight is 428 g/mol. The molecular weight excluding hydrogens is 402 g/mol. The summed E-state index contributed by atoms with van der Waals surface area (Å²) in [5.74, 6) is -0.0189. The maximum atomic E-state index is 13.2. The Labute approximate surface area is 175 Å². The Morgan fingerprint density at radius 3 is 2.63 bits per heavy atom. The smallest absolute Gasteiger partial charge is 0.252 e. The molecule has 1 aromatic carbocycles. The summed E-state index contributed by atoms with van der Waals surface area (Å²) in [6.07, 6.45) is 5.44. The van der Waals surface area contributed by atoms with Crippen molar-refractivity contribution in [2.24, 2.45) is 0 Å². The summed E-state index contributed by atoms with van der Waals surface area (Å²) in [6, 6.07) is 8.00. The van der Waals surface area contributed by atoms with E-state index in [9.17, 15) is 13.2 Å². The van der Waals surface area contributed by atoms with Crippen molar-refractivity contribution in [3.05, 3.63) is 53.6 Å². The first-order valence-electron chi connectivity index (χ1n) is 9.99. The van der Waals surface area contributed by atoms with E-state index < -0.39 is 9.84 Å². The lowest BCUT2D eigenvalue weighted by Crippen LogP contribution is -2.41. The molecule has 3 aromatic rings. The molecule has 8 nitrogen and oxygen atoms in total. The van der Waals surface area contributed by atoms with Crippen LogP contribution in [0.2, 0.25) is 0 Å². The van der Waals surface area contributed by atoms with Crippen LogP contribution in [0.5, 0.6) is 0 Å². The molecule has 1 aliphatic heterocycles. The SMILES string of the molecule is Cc1ccc([C@@H](C)C(=O)N2CCC[C@@H](c3c(S(C)(=O)=O)cnc4ncnn34)C2)cc1. The predicted molar refractivity (Wildman–Crippen MR) is 112 cm³/mol. The van der Waals surface area contributed by atoms with Crippen LogP contribution in [0.25, 0.3) is 5.78 Å². The minimum absolute atomic E-state index is 0.0494. The van der Waals surface area contributed by atoms with Gasteiger partial charge in [-0.3, -0.25) is 4.79 Å². The van der Waals surface area contributed by atoms with Crippen molar-refractivity contribution in [1.82, 2.24) is 24.5 Å². The minimum atomic E-state index is -3.51. The second kappa shape index (κ2) is 7.79. The quantitative estimate of drug-likeness (QED) is 0.634. The number of carbonyl (C=O) groups excluding carboxylic acids is 1. The number of rotatable bonds is 4. The molecule has 2 aromatic heterocycles. The van der Waals surface area contributed by atoms with Crippen molar-refractivity contribution in [2.45, 2.75) is 43.4 Å². The van der Waals surface area contributed by atoms with Gasteiger partial charge in [0.05, 0.1) is 17.8 Å². The van der Waals surface area contributed by atoms with E-state index in [0.29, 0.717) is 24.6 Å². The summed E-state index contributed by atoms with van der Waals surface area (Å²) < 4.78 is 26.3. The van der Waals surface area contributed by atoms with E-state index in [1.807, 2.05) is 43.0 Å². The number of aromatic nitrogens is 4. The van der Waals surface area contributed by atoms with Crippen molar-refractivity contribution in [2.75, 3.05) is 19.3 Å². The van der Waals surface area contributed by atoms with Crippen LogP contribution in [0, 0.1) is 6.92 Å². The molecule has 9 heteroatoms. The van der Waals surface area contributed by atoms with Crippen LogP contribution in [0.4, 0.5) is 0 Å². The van der Waals surface area contributed by atoms with E-state index in [2.05, 4.69) is 15.1 Å². The number of hydrogen-bond acceptors (Lipinski definition) is 6. The molecule has 1 fully saturated rings. The summed E-state index contributed by atoms with van der Waals surface area (Å²) in [5, 5.41) is 4.20. The van der Waals surface area contributed by atoms with Gasteiger partial charge in [-0.1, -0.05) is 29.8 Å². The highest BCUT2D eigenvalue weighted by molar-refractivity contribution is 7.90. The maximum Gasteiger partial charge on any atom is 0.252 e. The van der Waals surface area contributed by atoms with Gasteiger partial charge in [0.2, 0.25) is 5.91 Å². The third-order valence-electron chi connectivity index (χ3n) is 5.77. The summed E-state index contributed by atoms with van der Waals surface area (Å²) in [7, 11) is -3.51. The van der Waals surface area contributed by atoms with Crippen molar-refractivity contribution in [3.63, 3.8) is 0 Å². The Morgan fingerprint density at radius 2 is 1.93 bits per heavy atom. The summed E-state index contributed by atoms with van der Waals surface area (Å²) in [4.78, 5) is 23.4. The second-order valence-corrected chi connectivity index (χ2v) is 9.99. The van der Waals surface area contributed by atoms with Crippen LogP contribution < -0.4 is 0 Å². The molecule has 3 heterocycles. The molecule has 0 spiro atoms. The molecule has 1 aliphatic rings. The van der Waals surface area contributed by atoms with Gasteiger partial charge in [-0.05, 0) is 32.3 Å². The lowest BCUT2D eigenvalue weighted by molar-refractivity contribution is -0.133. The Hall–Kier alpha value is -2.81. The summed E-state index contributed by atoms with van der Waals surface area (Å²) in [6.45, 7) is 5.03. The zero-order chi connectivity index (χ0) is 21.5. The number of carbonyl (C=O) groups is 1. The summed E-state index contributed by atoms with van der Waals surface area (Å²) >= 11 is 0. The number of fused-ring (bicyclic) bond motifs is 1. The van der Waals surface area contributed by atoms with Crippen LogP contribution in [0.1, 0.15) is 48.4 Å². The van der Waals surface area contributed by atoms with E-state index in [1.165, 1.54) is 23.3 Å². The zero-order valence-corrected chi connectivity index (χ0v) is 18.1. The highest BCUT2D eigenvalue weighted by Crippen LogP contribution is 2.32. The maximum absolute atomic E-state index is 13.2. The van der Waals surface area contributed by atoms with Crippen molar-refractivity contribution >= 4 is 21.5 Å². The third kappa shape index (κ3) is 3.81. The fourth-order valence-corrected chi connectivity index (χ4v) is 4.99. The molecule has 30 heavy (non-hydrogen) atoms. The van der Waals surface area contributed by atoms with Gasteiger partial charge in [0.1, 0.15) is 11.2 Å². The van der Waals surface area contributed by atoms with E-state index in [-0.39, 0.29) is 22.6 Å². The fourth-order valence-electron chi connectivity index (χ4n) is 4.11. The number of sulfone groups is 1. The molecule has 2 atom stereocenters. The van der Waals surface area contributed by atoms with E-state index in [1.54, 1.807) is 0 Å². The van der Waals surface area contributed by atoms with Gasteiger partial charge in [0, 0.05) is 25.3 Å². The zero-order valence-electron chi connectivity index (χ0n) is 17.3. The van der Waals surface area contributed by atoms with Crippen LogP contribution in [0.15, 0.2) is 41.7 Å². The fraction of sp³-hybridized carbons (Fsp3) is 0.429. The molecule has 0 saturated carbocycles. The van der Waals surface area contributed by atoms with Crippen molar-refractivity contribution < 1.29 is 13.2 Å². The Kier molecular flexibility index (Phi) is 5.31. The largest absolute Gasteiger partial charge is 0.342 e. The average Bonchev–Trinajstić information content (AvgIpc) is 3.21. The number of amides is 1. The minimum Gasteiger partial charge on any atom is -0.342 e. The van der Waals surface area contributed by atoms with Gasteiger partial charge in [0.25, 0.3) is 5.78 Å². The standard InChI is InChI=1S/C21H25N5O3S/c1-14-6-8-16(9-7-14)15(2)20(27)25-10-4-5-17(12-25)19-18(30(3,28)29)11-22-21-23-13-24-26(19)21/h6-9,11,13,15,17H,4-5,10,12H2,1-3H3/t15-,17-/m1/s1. The Morgan fingerprint density at radius 1 is 1.20 bits per heavy atom. The monoisotopic (exact) mass is 427 g/mol. The van der Waals surface area contributed by atoms with Crippen LogP contribution >= 0.6 is 0 Å². The molecular formula is C21H25N5O3S. The lowest BCUT2D eigenvalue weighted by atomic mass is 9.92. The molecule has 1 saturated heterocycles. The first kappa shape index (κ1) is 20.5. The van der Waals surface area contributed by atoms with Gasteiger partial charge in [-0.15, -0.1) is 0 Å². The first-order valence-corrected chi connectivity index (χ1v) is 11.9. The van der Waals surface area contributed by atoms with E-state index in [4.69, 9.17) is 0 Å². The van der Waals surface area contributed by atoms with Gasteiger partial charge >= 0.3 is 0 Å². The molecule has 0 unspecified atom stereocenters. The topological polar surface area (TPSA) is 97.5 Å². The Bertz CT molecular complexity index is 1190. The number of aryl methyl sites for hydroxylation is 1. The van der Waals surface area contributed by atoms with E-state index in [0.717, 1.165) is 24.0 Å². The highest BCUT2D eigenvalue weighted by atomic mass is 32.2. The number of hydrogen-bond donors (Lipinski definition) is 0. The highest BCUT2D eigenvalue weighted by Gasteiger charge is 2.32. The van der Waals surface area contributed by atoms with Crippen LogP contribution in [-0.2, 0) is 14.6 Å². The predicted octanol–water partition coefficient (Wildman–Crippen LogP) is 2.35. The molecule has 1 amide bonds. The first-order chi connectivity index (χ1) is 14.3. The second-order valence-electron chi connectivity index (χ2n) is 8.01. The van der Waals surface area contributed by atoms with Crippen LogP contribution in [0.3, 0.4) is 0 Å². The van der Waals surface area contributed by atoms with E-state index >= 15 is 0 Å². The van der Waals surface area contributed by atoms with Gasteiger partial charge in [-0.2, -0.15) is 14.6 Å². The van der Waals surface area contributed by atoms with Crippen molar-refractivity contribution in [1.29, 1.82) is 0 Å². The normalized spacial score (nSPS) is 18.5. The number of likely N-dealkylation sites (tertiary alicyclic amines) is 1. The Balaban J connectivity index is 1.65. The molecule has 4 rings (SSSR count). The molecule has 0 bridgehead atoms. The molecule has 158 valence electrons. The van der Waals surface area contributed by atoms with Gasteiger partial charge in [-0.25, -0.2) is 13.4 Å².